The third kappa shape index (κ3) is 3.42. The van der Waals surface area contributed by atoms with Gasteiger partial charge in [0, 0.05) is 12.1 Å². The summed E-state index contributed by atoms with van der Waals surface area (Å²) in [4.78, 5) is 0. The highest BCUT2D eigenvalue weighted by atomic mass is 32.1. The van der Waals surface area contributed by atoms with Crippen LogP contribution in [0.2, 0.25) is 0 Å². The van der Waals surface area contributed by atoms with Gasteiger partial charge in [-0.05, 0) is 13.1 Å². The van der Waals surface area contributed by atoms with Crippen molar-refractivity contribution in [2.24, 2.45) is 0 Å². The SMILES string of the molecule is CNCc1ccccc1Oc1nnc(C(F)(F)F)s1. The number of rotatable bonds is 4. The molecular formula is C11H10F3N3OS. The summed E-state index contributed by atoms with van der Waals surface area (Å²) in [6, 6.07) is 7.04. The van der Waals surface area contributed by atoms with Crippen LogP contribution in [0.1, 0.15) is 10.6 Å². The summed E-state index contributed by atoms with van der Waals surface area (Å²) in [6.07, 6.45) is -4.50. The molecule has 0 aliphatic rings. The normalized spacial score (nSPS) is 11.6. The third-order valence-electron chi connectivity index (χ3n) is 2.19. The van der Waals surface area contributed by atoms with Gasteiger partial charge in [0.25, 0.3) is 5.19 Å². The Morgan fingerprint density at radius 3 is 2.63 bits per heavy atom. The number of ether oxygens (including phenoxy) is 1. The zero-order chi connectivity index (χ0) is 13.9. The molecule has 2 aromatic rings. The molecule has 2 rings (SSSR count). The number of halogens is 3. The predicted octanol–water partition coefficient (Wildman–Crippen LogP) is 3.07. The molecule has 1 aromatic heterocycles. The van der Waals surface area contributed by atoms with Gasteiger partial charge in [-0.15, -0.1) is 5.10 Å². The number of hydrogen-bond donors (Lipinski definition) is 1. The fraction of sp³-hybridized carbons (Fsp3) is 0.273. The van der Waals surface area contributed by atoms with Crippen molar-refractivity contribution in [1.82, 2.24) is 15.5 Å². The maximum atomic E-state index is 12.4. The van der Waals surface area contributed by atoms with E-state index in [-0.39, 0.29) is 5.19 Å². The number of alkyl halides is 3. The van der Waals surface area contributed by atoms with Crippen molar-refractivity contribution >= 4 is 11.3 Å². The Morgan fingerprint density at radius 1 is 1.26 bits per heavy atom. The van der Waals surface area contributed by atoms with E-state index < -0.39 is 11.2 Å². The zero-order valence-corrected chi connectivity index (χ0v) is 10.7. The highest BCUT2D eigenvalue weighted by molar-refractivity contribution is 7.13. The first-order chi connectivity index (χ1) is 9.00. The number of benzene rings is 1. The smallest absolute Gasteiger partial charge is 0.429 e. The van der Waals surface area contributed by atoms with Crippen molar-refractivity contribution in [3.8, 4) is 10.9 Å². The molecule has 0 bridgehead atoms. The molecule has 0 aliphatic heterocycles. The lowest BCUT2D eigenvalue weighted by molar-refractivity contribution is -0.138. The molecule has 0 unspecified atom stereocenters. The monoisotopic (exact) mass is 289 g/mol. The number of nitrogens with one attached hydrogen (secondary N) is 1. The Balaban J connectivity index is 2.19. The largest absolute Gasteiger partial charge is 0.445 e. The van der Waals surface area contributed by atoms with Gasteiger partial charge in [0.2, 0.25) is 5.01 Å². The van der Waals surface area contributed by atoms with Gasteiger partial charge in [-0.2, -0.15) is 13.2 Å². The minimum absolute atomic E-state index is 0.129. The summed E-state index contributed by atoms with van der Waals surface area (Å²) in [5, 5.41) is 8.25. The van der Waals surface area contributed by atoms with Crippen LogP contribution in [0.5, 0.6) is 10.9 Å². The van der Waals surface area contributed by atoms with Gasteiger partial charge in [-0.25, -0.2) is 0 Å². The Labute approximate surface area is 111 Å². The second-order valence-corrected chi connectivity index (χ2v) is 4.55. The van der Waals surface area contributed by atoms with Gasteiger partial charge in [0.1, 0.15) is 5.75 Å². The summed E-state index contributed by atoms with van der Waals surface area (Å²) in [6.45, 7) is 0.543. The van der Waals surface area contributed by atoms with Crippen LogP contribution in [0.4, 0.5) is 13.2 Å². The Bertz CT molecular complexity index is 556. The average Bonchev–Trinajstić information content (AvgIpc) is 2.80. The van der Waals surface area contributed by atoms with E-state index in [2.05, 4.69) is 15.5 Å². The minimum atomic E-state index is -4.50. The number of aromatic nitrogens is 2. The van der Waals surface area contributed by atoms with Gasteiger partial charge >= 0.3 is 6.18 Å². The predicted molar refractivity (Wildman–Crippen MR) is 64.2 cm³/mol. The van der Waals surface area contributed by atoms with Gasteiger partial charge in [-0.1, -0.05) is 34.6 Å². The van der Waals surface area contributed by atoms with Gasteiger partial charge in [0.05, 0.1) is 0 Å². The summed E-state index contributed by atoms with van der Waals surface area (Å²) in [5.74, 6) is 0.460. The van der Waals surface area contributed by atoms with Crippen LogP contribution >= 0.6 is 11.3 Å². The number of para-hydroxylation sites is 1. The van der Waals surface area contributed by atoms with Crippen LogP contribution < -0.4 is 10.1 Å². The molecule has 0 saturated carbocycles. The lowest BCUT2D eigenvalue weighted by Crippen LogP contribution is -2.06. The zero-order valence-electron chi connectivity index (χ0n) is 9.86. The Morgan fingerprint density at radius 2 is 2.00 bits per heavy atom. The van der Waals surface area contributed by atoms with E-state index in [1.54, 1.807) is 19.2 Å². The van der Waals surface area contributed by atoms with Crippen molar-refractivity contribution in [2.75, 3.05) is 7.05 Å². The first-order valence-electron chi connectivity index (χ1n) is 5.32. The quantitative estimate of drug-likeness (QED) is 0.939. The molecule has 0 amide bonds. The van der Waals surface area contributed by atoms with Gasteiger partial charge < -0.3 is 10.1 Å². The Kier molecular flexibility index (Phi) is 4.01. The number of nitrogens with zero attached hydrogens (tertiary/aromatic N) is 2. The van der Waals surface area contributed by atoms with Crippen LogP contribution in [0, 0.1) is 0 Å². The summed E-state index contributed by atoms with van der Waals surface area (Å²) in [5.41, 5.74) is 0.828. The molecule has 19 heavy (non-hydrogen) atoms. The second-order valence-electron chi connectivity index (χ2n) is 3.61. The number of hydrogen-bond acceptors (Lipinski definition) is 5. The molecule has 0 atom stereocenters. The Hall–Kier alpha value is -1.67. The van der Waals surface area contributed by atoms with Crippen LogP contribution in [0.15, 0.2) is 24.3 Å². The van der Waals surface area contributed by atoms with E-state index in [1.165, 1.54) is 0 Å². The van der Waals surface area contributed by atoms with Gasteiger partial charge in [-0.3, -0.25) is 0 Å². The topological polar surface area (TPSA) is 47.0 Å². The molecule has 1 N–H and O–H groups in total. The van der Waals surface area contributed by atoms with Crippen LogP contribution in [0.3, 0.4) is 0 Å². The van der Waals surface area contributed by atoms with E-state index in [4.69, 9.17) is 4.74 Å². The van der Waals surface area contributed by atoms with E-state index in [1.807, 2.05) is 12.1 Å². The van der Waals surface area contributed by atoms with E-state index in [0.717, 1.165) is 5.56 Å². The van der Waals surface area contributed by atoms with Crippen molar-refractivity contribution in [2.45, 2.75) is 12.7 Å². The van der Waals surface area contributed by atoms with Crippen molar-refractivity contribution in [3.63, 3.8) is 0 Å². The maximum absolute atomic E-state index is 12.4. The molecule has 4 nitrogen and oxygen atoms in total. The van der Waals surface area contributed by atoms with Crippen molar-refractivity contribution in [3.05, 3.63) is 34.8 Å². The fourth-order valence-electron chi connectivity index (χ4n) is 1.40. The lowest BCUT2D eigenvalue weighted by atomic mass is 10.2. The van der Waals surface area contributed by atoms with E-state index in [0.29, 0.717) is 23.6 Å². The average molecular weight is 289 g/mol. The summed E-state index contributed by atoms with van der Waals surface area (Å²) in [7, 11) is 1.77. The second kappa shape index (κ2) is 5.54. The van der Waals surface area contributed by atoms with E-state index in [9.17, 15) is 13.2 Å². The van der Waals surface area contributed by atoms with Gasteiger partial charge in [0.15, 0.2) is 0 Å². The molecule has 0 fully saturated rings. The van der Waals surface area contributed by atoms with Crippen molar-refractivity contribution < 1.29 is 17.9 Å². The highest BCUT2D eigenvalue weighted by Gasteiger charge is 2.36. The van der Waals surface area contributed by atoms with Crippen molar-refractivity contribution in [1.29, 1.82) is 0 Å². The molecule has 102 valence electrons. The minimum Gasteiger partial charge on any atom is -0.429 e. The van der Waals surface area contributed by atoms with Crippen LogP contribution in [-0.4, -0.2) is 17.2 Å². The standard InChI is InChI=1S/C11H10F3N3OS/c1-15-6-7-4-2-3-5-8(7)18-10-17-16-9(19-10)11(12,13)14/h2-5,15H,6H2,1H3. The first kappa shape index (κ1) is 13.8. The molecule has 8 heteroatoms. The molecule has 1 aromatic carbocycles. The molecule has 0 aliphatic carbocycles. The summed E-state index contributed by atoms with van der Waals surface area (Å²) >= 11 is 0.372. The maximum Gasteiger partial charge on any atom is 0.445 e. The lowest BCUT2D eigenvalue weighted by Gasteiger charge is -2.07. The van der Waals surface area contributed by atoms with E-state index >= 15 is 0 Å². The molecule has 0 saturated heterocycles. The highest BCUT2D eigenvalue weighted by Crippen LogP contribution is 2.35. The fourth-order valence-corrected chi connectivity index (χ4v) is 1.98. The first-order valence-corrected chi connectivity index (χ1v) is 6.13. The molecular weight excluding hydrogens is 279 g/mol. The molecule has 1 heterocycles. The molecule has 0 spiro atoms. The van der Waals surface area contributed by atoms with Crippen LogP contribution in [-0.2, 0) is 12.7 Å². The molecule has 0 radical (unpaired) electrons. The summed E-state index contributed by atoms with van der Waals surface area (Å²) < 4.78 is 42.5. The van der Waals surface area contributed by atoms with Crippen LogP contribution in [0.25, 0.3) is 0 Å². The third-order valence-corrected chi connectivity index (χ3v) is 3.03.